The molecule has 4 rings (SSSR count). The quantitative estimate of drug-likeness (QED) is 0.653. The van der Waals surface area contributed by atoms with Crippen molar-refractivity contribution in [3.05, 3.63) is 60.2 Å². The molecule has 1 aliphatic heterocycles. The first kappa shape index (κ1) is 8.96. The van der Waals surface area contributed by atoms with Crippen LogP contribution >= 0.6 is 7.92 Å². The molecular formula is C15H13P. The van der Waals surface area contributed by atoms with E-state index in [4.69, 9.17) is 0 Å². The lowest BCUT2D eigenvalue weighted by molar-refractivity contribution is 1.16. The second kappa shape index (κ2) is 3.18. The molecule has 0 aromatic heterocycles. The normalized spacial score (nSPS) is 29.6. The van der Waals surface area contributed by atoms with Gasteiger partial charge in [-0.2, -0.15) is 0 Å². The summed E-state index contributed by atoms with van der Waals surface area (Å²) in [4.78, 5) is 0. The third kappa shape index (κ3) is 1.14. The standard InChI is InChI=1S/C15H13P/c1-2-6-11(7-3-1)16-14-9-5-4-8-12(14)13-10-15(13)16/h1-9,13,15H,10H2/t13-,15-,16-/m1/s1. The average Bonchev–Trinajstić information content (AvgIpc) is 3.06. The lowest BCUT2D eigenvalue weighted by atomic mass is 10.1. The fraction of sp³-hybridized carbons (Fsp3) is 0.200. The van der Waals surface area contributed by atoms with Gasteiger partial charge in [-0.15, -0.1) is 0 Å². The summed E-state index contributed by atoms with van der Waals surface area (Å²) in [6.45, 7) is 0. The first-order valence-corrected chi connectivity index (χ1v) is 7.29. The predicted octanol–water partition coefficient (Wildman–Crippen LogP) is 2.99. The maximum absolute atomic E-state index is 2.35. The zero-order valence-corrected chi connectivity index (χ0v) is 9.90. The van der Waals surface area contributed by atoms with Gasteiger partial charge in [0.25, 0.3) is 0 Å². The summed E-state index contributed by atoms with van der Waals surface area (Å²) in [5.41, 5.74) is 2.59. The Morgan fingerprint density at radius 2 is 1.62 bits per heavy atom. The minimum atomic E-state index is -0.0432. The first-order valence-electron chi connectivity index (χ1n) is 5.88. The Morgan fingerprint density at radius 3 is 2.50 bits per heavy atom. The van der Waals surface area contributed by atoms with E-state index in [1.54, 1.807) is 16.2 Å². The molecule has 78 valence electrons. The Kier molecular flexibility index (Phi) is 1.78. The van der Waals surface area contributed by atoms with Gasteiger partial charge in [-0.05, 0) is 42.1 Å². The number of hydrogen-bond acceptors (Lipinski definition) is 0. The van der Waals surface area contributed by atoms with Crippen LogP contribution in [0.4, 0.5) is 0 Å². The van der Waals surface area contributed by atoms with Crippen molar-refractivity contribution in [2.75, 3.05) is 0 Å². The molecule has 0 spiro atoms. The van der Waals surface area contributed by atoms with E-state index in [0.717, 1.165) is 11.6 Å². The van der Waals surface area contributed by atoms with E-state index >= 15 is 0 Å². The van der Waals surface area contributed by atoms with Crippen LogP contribution in [0.3, 0.4) is 0 Å². The van der Waals surface area contributed by atoms with Crippen LogP contribution in [-0.4, -0.2) is 5.66 Å². The van der Waals surface area contributed by atoms with Crippen LogP contribution in [0.2, 0.25) is 0 Å². The van der Waals surface area contributed by atoms with Gasteiger partial charge in [-0.25, -0.2) is 0 Å². The fourth-order valence-electron chi connectivity index (χ4n) is 2.92. The van der Waals surface area contributed by atoms with E-state index < -0.39 is 0 Å². The fourth-order valence-corrected chi connectivity index (χ4v) is 6.15. The Bertz CT molecular complexity index is 532. The summed E-state index contributed by atoms with van der Waals surface area (Å²) in [5, 5.41) is 3.21. The third-order valence-electron chi connectivity index (χ3n) is 3.72. The van der Waals surface area contributed by atoms with Crippen molar-refractivity contribution in [1.29, 1.82) is 0 Å². The van der Waals surface area contributed by atoms with Gasteiger partial charge in [0, 0.05) is 0 Å². The van der Waals surface area contributed by atoms with Crippen molar-refractivity contribution in [2.45, 2.75) is 18.0 Å². The molecular weight excluding hydrogens is 211 g/mol. The van der Waals surface area contributed by atoms with Gasteiger partial charge < -0.3 is 0 Å². The Hall–Kier alpha value is -1.13. The molecule has 0 radical (unpaired) electrons. The van der Waals surface area contributed by atoms with Gasteiger partial charge in [0.05, 0.1) is 0 Å². The summed E-state index contributed by atoms with van der Waals surface area (Å²) < 4.78 is 0. The van der Waals surface area contributed by atoms with E-state index in [0.29, 0.717) is 0 Å². The molecule has 0 nitrogen and oxygen atoms in total. The van der Waals surface area contributed by atoms with Gasteiger partial charge in [0.15, 0.2) is 0 Å². The Morgan fingerprint density at radius 1 is 0.875 bits per heavy atom. The second-order valence-electron chi connectivity index (χ2n) is 4.67. The van der Waals surface area contributed by atoms with Crippen LogP contribution in [-0.2, 0) is 0 Å². The monoisotopic (exact) mass is 224 g/mol. The number of hydrogen-bond donors (Lipinski definition) is 0. The molecule has 2 aromatic rings. The average molecular weight is 224 g/mol. The van der Waals surface area contributed by atoms with E-state index in [1.165, 1.54) is 6.42 Å². The first-order chi connectivity index (χ1) is 7.95. The molecule has 1 saturated carbocycles. The largest absolute Gasteiger partial charge is 0.0622 e. The van der Waals surface area contributed by atoms with Gasteiger partial charge in [-0.3, -0.25) is 0 Å². The molecule has 1 heteroatoms. The molecule has 0 N–H and O–H groups in total. The highest BCUT2D eigenvalue weighted by Crippen LogP contribution is 2.66. The molecule has 0 unspecified atom stereocenters. The number of rotatable bonds is 1. The topological polar surface area (TPSA) is 0 Å². The van der Waals surface area contributed by atoms with Crippen LogP contribution in [0.5, 0.6) is 0 Å². The lowest BCUT2D eigenvalue weighted by Crippen LogP contribution is -2.12. The van der Waals surface area contributed by atoms with Gasteiger partial charge in [0.1, 0.15) is 0 Å². The molecule has 0 saturated heterocycles. The molecule has 0 bridgehead atoms. The maximum atomic E-state index is 2.35. The molecule has 1 aliphatic carbocycles. The molecule has 2 aromatic carbocycles. The van der Waals surface area contributed by atoms with E-state index in [1.807, 2.05) is 0 Å². The van der Waals surface area contributed by atoms with Crippen molar-refractivity contribution in [3.8, 4) is 0 Å². The summed E-state index contributed by atoms with van der Waals surface area (Å²) in [5.74, 6) is 0.891. The van der Waals surface area contributed by atoms with Crippen LogP contribution in [0, 0.1) is 0 Å². The highest BCUT2D eigenvalue weighted by molar-refractivity contribution is 7.74. The van der Waals surface area contributed by atoms with Gasteiger partial charge >= 0.3 is 0 Å². The summed E-state index contributed by atoms with van der Waals surface area (Å²) in [7, 11) is -0.0432. The molecule has 1 heterocycles. The zero-order valence-electron chi connectivity index (χ0n) is 9.01. The highest BCUT2D eigenvalue weighted by Gasteiger charge is 2.51. The molecule has 16 heavy (non-hydrogen) atoms. The molecule has 1 fully saturated rings. The molecule has 3 atom stereocenters. The second-order valence-corrected chi connectivity index (χ2v) is 7.08. The Labute approximate surface area is 97.1 Å². The Balaban J connectivity index is 1.87. The van der Waals surface area contributed by atoms with Crippen LogP contribution in [0.25, 0.3) is 0 Å². The summed E-state index contributed by atoms with van der Waals surface area (Å²) >= 11 is 0. The van der Waals surface area contributed by atoms with Crippen molar-refractivity contribution < 1.29 is 0 Å². The zero-order chi connectivity index (χ0) is 10.5. The number of fused-ring (bicyclic) bond motifs is 3. The van der Waals surface area contributed by atoms with E-state index in [9.17, 15) is 0 Å². The van der Waals surface area contributed by atoms with Crippen LogP contribution < -0.4 is 10.6 Å². The summed E-state index contributed by atoms with van der Waals surface area (Å²) in [6, 6.07) is 20.2. The maximum Gasteiger partial charge on any atom is -0.00533 e. The minimum Gasteiger partial charge on any atom is -0.0622 e. The van der Waals surface area contributed by atoms with Crippen LogP contribution in [0.15, 0.2) is 54.6 Å². The van der Waals surface area contributed by atoms with Crippen LogP contribution in [0.1, 0.15) is 17.9 Å². The SMILES string of the molecule is c1ccc([P@]2c3ccccc3[C@H]3C[C@H]32)cc1. The summed E-state index contributed by atoms with van der Waals surface area (Å²) in [6.07, 6.45) is 1.43. The molecule has 2 aliphatic rings. The molecule has 0 amide bonds. The van der Waals surface area contributed by atoms with Crippen molar-refractivity contribution >= 4 is 18.5 Å². The van der Waals surface area contributed by atoms with Gasteiger partial charge in [-0.1, -0.05) is 54.6 Å². The van der Waals surface area contributed by atoms with E-state index in [2.05, 4.69) is 54.6 Å². The highest BCUT2D eigenvalue weighted by atomic mass is 31.1. The van der Waals surface area contributed by atoms with Crippen molar-refractivity contribution in [3.63, 3.8) is 0 Å². The predicted molar refractivity (Wildman–Crippen MR) is 70.2 cm³/mol. The van der Waals surface area contributed by atoms with Crippen molar-refractivity contribution in [2.24, 2.45) is 0 Å². The van der Waals surface area contributed by atoms with Crippen molar-refractivity contribution in [1.82, 2.24) is 0 Å². The van der Waals surface area contributed by atoms with E-state index in [-0.39, 0.29) is 7.92 Å². The smallest absolute Gasteiger partial charge is 0.00533 e. The number of benzene rings is 2. The van der Waals surface area contributed by atoms with Gasteiger partial charge in [0.2, 0.25) is 0 Å². The lowest BCUT2D eigenvalue weighted by Gasteiger charge is -2.15. The minimum absolute atomic E-state index is 0.0432. The third-order valence-corrected chi connectivity index (χ3v) is 6.73.